The summed E-state index contributed by atoms with van der Waals surface area (Å²) in [6.07, 6.45) is 2.27. The molecule has 20 heavy (non-hydrogen) atoms. The monoisotopic (exact) mass is 274 g/mol. The van der Waals surface area contributed by atoms with E-state index in [-0.39, 0.29) is 5.54 Å². The molecular formula is C18H30N2. The molecule has 2 nitrogen and oxygen atoms in total. The zero-order valence-electron chi connectivity index (χ0n) is 13.7. The fraction of sp³-hybridized carbons (Fsp3) is 0.667. The third kappa shape index (κ3) is 3.01. The highest BCUT2D eigenvalue weighted by Gasteiger charge is 2.36. The third-order valence-electron chi connectivity index (χ3n) is 4.89. The van der Waals surface area contributed by atoms with Crippen molar-refractivity contribution >= 4 is 5.69 Å². The van der Waals surface area contributed by atoms with Crippen molar-refractivity contribution in [3.63, 3.8) is 0 Å². The number of para-hydroxylation sites is 1. The van der Waals surface area contributed by atoms with Gasteiger partial charge in [-0.3, -0.25) is 0 Å². The number of hydrogen-bond acceptors (Lipinski definition) is 2. The molecule has 1 aromatic carbocycles. The average Bonchev–Trinajstić information content (AvgIpc) is 2.46. The Balaban J connectivity index is 2.36. The Kier molecular flexibility index (Phi) is 4.74. The summed E-state index contributed by atoms with van der Waals surface area (Å²) in [5.41, 5.74) is 3.14. The zero-order chi connectivity index (χ0) is 14.8. The molecule has 1 aliphatic rings. The number of nitrogens with one attached hydrogen (secondary N) is 1. The van der Waals surface area contributed by atoms with Crippen LogP contribution in [0.25, 0.3) is 0 Å². The van der Waals surface area contributed by atoms with Crippen LogP contribution < -0.4 is 10.2 Å². The first-order valence-electron chi connectivity index (χ1n) is 8.10. The predicted octanol–water partition coefficient (Wildman–Crippen LogP) is 3.85. The van der Waals surface area contributed by atoms with Gasteiger partial charge < -0.3 is 10.2 Å². The molecule has 1 N–H and O–H groups in total. The first-order chi connectivity index (χ1) is 9.50. The van der Waals surface area contributed by atoms with Crippen molar-refractivity contribution in [2.24, 2.45) is 5.92 Å². The highest BCUT2D eigenvalue weighted by Crippen LogP contribution is 2.30. The quantitative estimate of drug-likeness (QED) is 0.897. The first kappa shape index (κ1) is 15.4. The van der Waals surface area contributed by atoms with Crippen LogP contribution in [0.3, 0.4) is 0 Å². The Labute approximate surface area is 124 Å². The van der Waals surface area contributed by atoms with Gasteiger partial charge in [-0.2, -0.15) is 0 Å². The number of anilines is 1. The van der Waals surface area contributed by atoms with Gasteiger partial charge in [-0.1, -0.05) is 45.9 Å². The third-order valence-corrected chi connectivity index (χ3v) is 4.89. The van der Waals surface area contributed by atoms with Crippen LogP contribution in [0.1, 0.15) is 46.6 Å². The van der Waals surface area contributed by atoms with Crippen LogP contribution in [0.5, 0.6) is 0 Å². The van der Waals surface area contributed by atoms with Crippen molar-refractivity contribution in [3.8, 4) is 0 Å². The summed E-state index contributed by atoms with van der Waals surface area (Å²) >= 11 is 0. The molecule has 0 spiro atoms. The molecule has 1 heterocycles. The minimum atomic E-state index is 0.228. The maximum atomic E-state index is 3.77. The zero-order valence-corrected chi connectivity index (χ0v) is 13.7. The minimum absolute atomic E-state index is 0.228. The summed E-state index contributed by atoms with van der Waals surface area (Å²) in [6.45, 7) is 13.7. The lowest BCUT2D eigenvalue weighted by Crippen LogP contribution is -2.64. The maximum Gasteiger partial charge on any atom is 0.0438 e. The van der Waals surface area contributed by atoms with Gasteiger partial charge in [0.15, 0.2) is 0 Å². The second-order valence-corrected chi connectivity index (χ2v) is 6.72. The molecule has 1 aliphatic heterocycles. The molecule has 2 unspecified atom stereocenters. The highest BCUT2D eigenvalue weighted by molar-refractivity contribution is 5.55. The lowest BCUT2D eigenvalue weighted by Gasteiger charge is -2.49. The van der Waals surface area contributed by atoms with E-state index >= 15 is 0 Å². The van der Waals surface area contributed by atoms with Crippen LogP contribution in [0.2, 0.25) is 0 Å². The van der Waals surface area contributed by atoms with Crippen molar-refractivity contribution in [1.82, 2.24) is 5.32 Å². The van der Waals surface area contributed by atoms with E-state index in [0.717, 1.165) is 19.5 Å². The second-order valence-electron chi connectivity index (χ2n) is 6.72. The van der Waals surface area contributed by atoms with E-state index in [1.807, 2.05) is 0 Å². The molecule has 0 amide bonds. The lowest BCUT2D eigenvalue weighted by atomic mass is 9.89. The Bertz CT molecular complexity index is 441. The molecular weight excluding hydrogens is 244 g/mol. The number of aryl methyl sites for hydroxylation is 1. The van der Waals surface area contributed by atoms with E-state index in [1.165, 1.54) is 17.7 Å². The van der Waals surface area contributed by atoms with Gasteiger partial charge in [0, 0.05) is 30.4 Å². The Morgan fingerprint density at radius 2 is 2.00 bits per heavy atom. The molecule has 0 aromatic heterocycles. The van der Waals surface area contributed by atoms with Crippen LogP contribution in [-0.4, -0.2) is 24.7 Å². The highest BCUT2D eigenvalue weighted by atomic mass is 15.3. The van der Waals surface area contributed by atoms with Crippen molar-refractivity contribution in [3.05, 3.63) is 29.8 Å². The standard InChI is InChI=1S/C18H30N2/c1-6-15-10-8-9-11-16(15)20-13-18(5,7-2)19-12-17(20)14(3)4/h8-11,14,17,19H,6-7,12-13H2,1-5H3. The summed E-state index contributed by atoms with van der Waals surface area (Å²) < 4.78 is 0. The summed E-state index contributed by atoms with van der Waals surface area (Å²) in [7, 11) is 0. The van der Waals surface area contributed by atoms with Gasteiger partial charge >= 0.3 is 0 Å². The van der Waals surface area contributed by atoms with Crippen LogP contribution in [0.15, 0.2) is 24.3 Å². The fourth-order valence-electron chi connectivity index (χ4n) is 3.20. The number of hydrogen-bond donors (Lipinski definition) is 1. The minimum Gasteiger partial charge on any atom is -0.365 e. The van der Waals surface area contributed by atoms with E-state index in [9.17, 15) is 0 Å². The average molecular weight is 274 g/mol. The maximum absolute atomic E-state index is 3.77. The molecule has 2 atom stereocenters. The van der Waals surface area contributed by atoms with Crippen molar-refractivity contribution in [2.75, 3.05) is 18.0 Å². The molecule has 2 rings (SSSR count). The van der Waals surface area contributed by atoms with Crippen LogP contribution in [-0.2, 0) is 6.42 Å². The molecule has 0 saturated carbocycles. The molecule has 0 aliphatic carbocycles. The fourth-order valence-corrected chi connectivity index (χ4v) is 3.20. The van der Waals surface area contributed by atoms with E-state index in [1.54, 1.807) is 0 Å². The molecule has 112 valence electrons. The molecule has 1 fully saturated rings. The molecule has 0 radical (unpaired) electrons. The van der Waals surface area contributed by atoms with Crippen LogP contribution in [0, 0.1) is 5.92 Å². The molecule has 1 aromatic rings. The van der Waals surface area contributed by atoms with E-state index in [4.69, 9.17) is 0 Å². The number of nitrogens with zero attached hydrogens (tertiary/aromatic N) is 1. The van der Waals surface area contributed by atoms with Gasteiger partial charge in [0.05, 0.1) is 0 Å². The van der Waals surface area contributed by atoms with Gasteiger partial charge in [0.1, 0.15) is 0 Å². The summed E-state index contributed by atoms with van der Waals surface area (Å²) in [5.74, 6) is 0.661. The van der Waals surface area contributed by atoms with Crippen LogP contribution in [0.4, 0.5) is 5.69 Å². The number of benzene rings is 1. The van der Waals surface area contributed by atoms with Crippen LogP contribution >= 0.6 is 0 Å². The Morgan fingerprint density at radius 1 is 1.30 bits per heavy atom. The second kappa shape index (κ2) is 6.17. The number of rotatable bonds is 4. The van der Waals surface area contributed by atoms with Crippen molar-refractivity contribution in [1.29, 1.82) is 0 Å². The Hall–Kier alpha value is -1.02. The van der Waals surface area contributed by atoms with E-state index in [2.05, 4.69) is 69.1 Å². The smallest absolute Gasteiger partial charge is 0.0438 e. The van der Waals surface area contributed by atoms with Gasteiger partial charge in [-0.05, 0) is 37.3 Å². The number of piperazine rings is 1. The molecule has 0 bridgehead atoms. The summed E-state index contributed by atoms with van der Waals surface area (Å²) in [4.78, 5) is 2.66. The normalized spacial score (nSPS) is 27.1. The van der Waals surface area contributed by atoms with Gasteiger partial charge in [0.25, 0.3) is 0 Å². The first-order valence-corrected chi connectivity index (χ1v) is 8.10. The van der Waals surface area contributed by atoms with Gasteiger partial charge in [0.2, 0.25) is 0 Å². The van der Waals surface area contributed by atoms with Crippen molar-refractivity contribution < 1.29 is 0 Å². The Morgan fingerprint density at radius 3 is 2.60 bits per heavy atom. The summed E-state index contributed by atoms with van der Waals surface area (Å²) in [5, 5.41) is 3.77. The van der Waals surface area contributed by atoms with E-state index < -0.39 is 0 Å². The molecule has 1 saturated heterocycles. The largest absolute Gasteiger partial charge is 0.365 e. The van der Waals surface area contributed by atoms with Gasteiger partial charge in [-0.15, -0.1) is 0 Å². The van der Waals surface area contributed by atoms with Gasteiger partial charge in [-0.25, -0.2) is 0 Å². The lowest BCUT2D eigenvalue weighted by molar-refractivity contribution is 0.252. The predicted molar refractivity (Wildman–Crippen MR) is 88.5 cm³/mol. The summed E-state index contributed by atoms with van der Waals surface area (Å²) in [6, 6.07) is 9.50. The van der Waals surface area contributed by atoms with Crippen molar-refractivity contribution in [2.45, 2.75) is 59.0 Å². The topological polar surface area (TPSA) is 15.3 Å². The van der Waals surface area contributed by atoms with E-state index in [0.29, 0.717) is 12.0 Å². The molecule has 2 heteroatoms. The SMILES string of the molecule is CCc1ccccc1N1CC(C)(CC)NCC1C(C)C.